The van der Waals surface area contributed by atoms with Crippen LogP contribution >= 0.6 is 0 Å². The van der Waals surface area contributed by atoms with Gasteiger partial charge in [-0.15, -0.1) is 0 Å². The second kappa shape index (κ2) is 8.73. The van der Waals surface area contributed by atoms with Crippen molar-refractivity contribution in [2.75, 3.05) is 13.3 Å². The predicted octanol–water partition coefficient (Wildman–Crippen LogP) is 2.88. The lowest BCUT2D eigenvalue weighted by Gasteiger charge is -2.15. The monoisotopic (exact) mass is 390 g/mol. The molecule has 1 atom stereocenters. The standard InChI is InChI=1S/C19H22N2O7/c1-12(18(22)20-8-7-13-5-3-2-4-6-13)28-19(23)14-9-16-17(27-11-26-16)10-15(14)21(24)25/h5,9-10,12H,2-4,6-8,11H2,1H3,(H,20,22). The number of nitro benzene ring substituents is 1. The summed E-state index contributed by atoms with van der Waals surface area (Å²) >= 11 is 0. The number of nitro groups is 1. The summed E-state index contributed by atoms with van der Waals surface area (Å²) in [6.07, 6.45) is 6.38. The Hall–Kier alpha value is -3.10. The maximum Gasteiger partial charge on any atom is 0.346 e. The number of nitrogens with one attached hydrogen (secondary N) is 1. The van der Waals surface area contributed by atoms with E-state index in [2.05, 4.69) is 11.4 Å². The van der Waals surface area contributed by atoms with Gasteiger partial charge in [0.15, 0.2) is 17.6 Å². The van der Waals surface area contributed by atoms with Crippen molar-refractivity contribution in [3.05, 3.63) is 39.5 Å². The Morgan fingerprint density at radius 3 is 2.71 bits per heavy atom. The minimum atomic E-state index is -1.09. The number of rotatable bonds is 7. The van der Waals surface area contributed by atoms with Gasteiger partial charge in [0.1, 0.15) is 5.56 Å². The molecule has 9 nitrogen and oxygen atoms in total. The summed E-state index contributed by atoms with van der Waals surface area (Å²) in [4.78, 5) is 35.1. The topological polar surface area (TPSA) is 117 Å². The molecule has 0 bridgehead atoms. The van der Waals surface area contributed by atoms with Crippen molar-refractivity contribution in [1.82, 2.24) is 5.32 Å². The molecule has 0 spiro atoms. The smallest absolute Gasteiger partial charge is 0.346 e. The first-order chi connectivity index (χ1) is 13.5. The number of esters is 1. The molecule has 0 aromatic heterocycles. The lowest BCUT2D eigenvalue weighted by Crippen LogP contribution is -2.36. The van der Waals surface area contributed by atoms with E-state index >= 15 is 0 Å². The number of ether oxygens (including phenoxy) is 3. The number of carbonyl (C=O) groups is 2. The average molecular weight is 390 g/mol. The average Bonchev–Trinajstić information content (AvgIpc) is 3.15. The third-order valence-corrected chi connectivity index (χ3v) is 4.69. The van der Waals surface area contributed by atoms with Crippen molar-refractivity contribution in [2.45, 2.75) is 45.1 Å². The molecule has 1 unspecified atom stereocenters. The summed E-state index contributed by atoms with van der Waals surface area (Å²) < 4.78 is 15.4. The van der Waals surface area contributed by atoms with Gasteiger partial charge in [0.2, 0.25) is 6.79 Å². The van der Waals surface area contributed by atoms with Crippen LogP contribution in [-0.2, 0) is 9.53 Å². The maximum atomic E-state index is 12.4. The van der Waals surface area contributed by atoms with Crippen molar-refractivity contribution in [2.24, 2.45) is 0 Å². The van der Waals surface area contributed by atoms with E-state index in [0.717, 1.165) is 25.3 Å². The Kier molecular flexibility index (Phi) is 6.13. The zero-order chi connectivity index (χ0) is 20.1. The number of amides is 1. The lowest BCUT2D eigenvalue weighted by atomic mass is 9.97. The van der Waals surface area contributed by atoms with Crippen LogP contribution in [0.4, 0.5) is 5.69 Å². The van der Waals surface area contributed by atoms with Gasteiger partial charge in [-0.3, -0.25) is 14.9 Å². The quantitative estimate of drug-likeness (QED) is 0.329. The maximum absolute atomic E-state index is 12.4. The summed E-state index contributed by atoms with van der Waals surface area (Å²) in [6, 6.07) is 2.31. The van der Waals surface area contributed by atoms with Gasteiger partial charge in [-0.05, 0) is 39.0 Å². The predicted molar refractivity (Wildman–Crippen MR) is 98.3 cm³/mol. The van der Waals surface area contributed by atoms with Crippen molar-refractivity contribution in [3.63, 3.8) is 0 Å². The first-order valence-corrected chi connectivity index (χ1v) is 9.20. The van der Waals surface area contributed by atoms with E-state index < -0.39 is 28.6 Å². The first kappa shape index (κ1) is 19.7. The second-order valence-electron chi connectivity index (χ2n) is 6.68. The SMILES string of the molecule is CC(OC(=O)c1cc2c(cc1[N+](=O)[O-])OCO2)C(=O)NCCC1=CCCCC1. The van der Waals surface area contributed by atoms with Crippen molar-refractivity contribution in [3.8, 4) is 11.5 Å². The third kappa shape index (κ3) is 4.59. The van der Waals surface area contributed by atoms with Crippen LogP contribution in [0.3, 0.4) is 0 Å². The number of carbonyl (C=O) groups excluding carboxylic acids is 2. The Balaban J connectivity index is 1.58. The molecule has 2 aliphatic rings. The zero-order valence-electron chi connectivity index (χ0n) is 15.6. The number of fused-ring (bicyclic) bond motifs is 1. The molecule has 1 heterocycles. The molecule has 150 valence electrons. The van der Waals surface area contributed by atoms with Crippen molar-refractivity contribution in [1.29, 1.82) is 0 Å². The molecule has 1 aromatic carbocycles. The summed E-state index contributed by atoms with van der Waals surface area (Å²) in [5.41, 5.74) is 0.569. The van der Waals surface area contributed by atoms with Crippen LogP contribution in [0.5, 0.6) is 11.5 Å². The van der Waals surface area contributed by atoms with E-state index in [-0.39, 0.29) is 23.9 Å². The summed E-state index contributed by atoms with van der Waals surface area (Å²) in [7, 11) is 0. The van der Waals surface area contributed by atoms with Gasteiger partial charge >= 0.3 is 5.97 Å². The number of hydrogen-bond donors (Lipinski definition) is 1. The molecular formula is C19H22N2O7. The molecule has 0 saturated heterocycles. The van der Waals surface area contributed by atoms with E-state index in [1.165, 1.54) is 31.4 Å². The van der Waals surface area contributed by atoms with Crippen molar-refractivity contribution < 1.29 is 28.7 Å². The molecular weight excluding hydrogens is 368 g/mol. The molecule has 0 saturated carbocycles. The van der Waals surface area contributed by atoms with Crippen LogP contribution in [0, 0.1) is 10.1 Å². The molecule has 1 amide bonds. The van der Waals surface area contributed by atoms with Crippen LogP contribution in [0.2, 0.25) is 0 Å². The van der Waals surface area contributed by atoms with E-state index in [9.17, 15) is 19.7 Å². The van der Waals surface area contributed by atoms with Gasteiger partial charge in [0.25, 0.3) is 11.6 Å². The highest BCUT2D eigenvalue weighted by molar-refractivity contribution is 5.96. The van der Waals surface area contributed by atoms with Gasteiger partial charge < -0.3 is 19.5 Å². The Bertz CT molecular complexity index is 819. The van der Waals surface area contributed by atoms with Crippen molar-refractivity contribution >= 4 is 17.6 Å². The van der Waals surface area contributed by atoms with Gasteiger partial charge in [0.05, 0.1) is 11.0 Å². The third-order valence-electron chi connectivity index (χ3n) is 4.69. The minimum absolute atomic E-state index is 0.0831. The molecule has 1 N–H and O–H groups in total. The Morgan fingerprint density at radius 1 is 1.29 bits per heavy atom. The molecule has 0 radical (unpaired) electrons. The highest BCUT2D eigenvalue weighted by atomic mass is 16.7. The van der Waals surface area contributed by atoms with E-state index in [1.54, 1.807) is 0 Å². The molecule has 1 aliphatic carbocycles. The van der Waals surface area contributed by atoms with E-state index in [1.807, 2.05) is 0 Å². The zero-order valence-corrected chi connectivity index (χ0v) is 15.6. The highest BCUT2D eigenvalue weighted by Crippen LogP contribution is 2.38. The molecule has 3 rings (SSSR count). The van der Waals surface area contributed by atoms with Gasteiger partial charge in [0, 0.05) is 12.6 Å². The Labute approximate surface area is 161 Å². The van der Waals surface area contributed by atoms with Crippen LogP contribution in [0.25, 0.3) is 0 Å². The second-order valence-corrected chi connectivity index (χ2v) is 6.68. The van der Waals surface area contributed by atoms with Gasteiger partial charge in [-0.1, -0.05) is 11.6 Å². The van der Waals surface area contributed by atoms with E-state index in [4.69, 9.17) is 14.2 Å². The summed E-state index contributed by atoms with van der Waals surface area (Å²) in [5.74, 6) is -1.02. The summed E-state index contributed by atoms with van der Waals surface area (Å²) in [5, 5.41) is 14.0. The molecule has 9 heteroatoms. The lowest BCUT2D eigenvalue weighted by molar-refractivity contribution is -0.385. The highest BCUT2D eigenvalue weighted by Gasteiger charge is 2.30. The van der Waals surface area contributed by atoms with Crippen LogP contribution in [0.15, 0.2) is 23.8 Å². The fourth-order valence-electron chi connectivity index (χ4n) is 3.15. The van der Waals surface area contributed by atoms with Crippen LogP contribution in [-0.4, -0.2) is 36.2 Å². The first-order valence-electron chi connectivity index (χ1n) is 9.20. The Morgan fingerprint density at radius 2 is 2.04 bits per heavy atom. The fraction of sp³-hybridized carbons (Fsp3) is 0.474. The van der Waals surface area contributed by atoms with E-state index in [0.29, 0.717) is 6.54 Å². The minimum Gasteiger partial charge on any atom is -0.454 e. The summed E-state index contributed by atoms with van der Waals surface area (Å²) in [6.45, 7) is 1.79. The van der Waals surface area contributed by atoms with Gasteiger partial charge in [-0.2, -0.15) is 0 Å². The molecule has 28 heavy (non-hydrogen) atoms. The molecule has 0 fully saturated rings. The normalized spacial score (nSPS) is 16.1. The number of nitrogens with zero attached hydrogens (tertiary/aromatic N) is 1. The largest absolute Gasteiger partial charge is 0.454 e. The van der Waals surface area contributed by atoms with Gasteiger partial charge in [-0.25, -0.2) is 4.79 Å². The molecule has 1 aromatic rings. The van der Waals surface area contributed by atoms with Crippen LogP contribution < -0.4 is 14.8 Å². The number of benzene rings is 1. The number of allylic oxidation sites excluding steroid dienone is 1. The fourth-order valence-corrected chi connectivity index (χ4v) is 3.15. The molecule has 1 aliphatic heterocycles. The van der Waals surface area contributed by atoms with Crippen LogP contribution in [0.1, 0.15) is 49.4 Å². The number of hydrogen-bond acceptors (Lipinski definition) is 7.